The average Bonchev–Trinajstić information content (AvgIpc) is 3.30. The van der Waals surface area contributed by atoms with Crippen molar-refractivity contribution >= 4 is 11.9 Å². The SMILES string of the molecule is COC(=O)CON(Cc1ccccc1)[C@H](C(=O)OC)[C@H]1OC(C)(C)O[C@@H]1[C@H]1COC(C)(C)O1. The van der Waals surface area contributed by atoms with Gasteiger partial charge in [-0.15, -0.1) is 0 Å². The number of rotatable bonds is 9. The van der Waals surface area contributed by atoms with Crippen molar-refractivity contribution in [2.45, 2.75) is 70.2 Å². The Morgan fingerprint density at radius 2 is 1.73 bits per heavy atom. The van der Waals surface area contributed by atoms with Gasteiger partial charge < -0.3 is 28.4 Å². The van der Waals surface area contributed by atoms with Crippen LogP contribution in [0.5, 0.6) is 0 Å². The molecule has 4 atom stereocenters. The second kappa shape index (κ2) is 10.5. The molecule has 0 amide bonds. The number of hydroxylamine groups is 2. The summed E-state index contributed by atoms with van der Waals surface area (Å²) < 4.78 is 33.9. The second-order valence-corrected chi connectivity index (χ2v) is 8.81. The van der Waals surface area contributed by atoms with Crippen LogP contribution in [0.2, 0.25) is 0 Å². The number of hydrogen-bond acceptors (Lipinski definition) is 10. The summed E-state index contributed by atoms with van der Waals surface area (Å²) in [5, 5.41) is 1.38. The number of carbonyl (C=O) groups is 2. The molecule has 2 aliphatic heterocycles. The molecule has 0 aromatic heterocycles. The number of nitrogens with zero attached hydrogens (tertiary/aromatic N) is 1. The van der Waals surface area contributed by atoms with Crippen LogP contribution in [0.25, 0.3) is 0 Å². The van der Waals surface area contributed by atoms with E-state index in [4.69, 9.17) is 33.3 Å². The van der Waals surface area contributed by atoms with Crippen LogP contribution in [-0.4, -0.2) is 80.4 Å². The summed E-state index contributed by atoms with van der Waals surface area (Å²) in [6.45, 7) is 7.18. The molecule has 0 N–H and O–H groups in total. The van der Waals surface area contributed by atoms with Crippen molar-refractivity contribution in [3.63, 3.8) is 0 Å². The lowest BCUT2D eigenvalue weighted by atomic mass is 10.0. The quantitative estimate of drug-likeness (QED) is 0.395. The summed E-state index contributed by atoms with van der Waals surface area (Å²) in [7, 11) is 2.54. The van der Waals surface area contributed by atoms with Crippen LogP contribution in [0.4, 0.5) is 0 Å². The topological polar surface area (TPSA) is 102 Å². The van der Waals surface area contributed by atoms with Crippen molar-refractivity contribution in [3.8, 4) is 0 Å². The molecule has 1 aromatic carbocycles. The lowest BCUT2D eigenvalue weighted by Crippen LogP contribution is -2.55. The van der Waals surface area contributed by atoms with Crippen molar-refractivity contribution in [1.29, 1.82) is 0 Å². The minimum Gasteiger partial charge on any atom is -0.468 e. The minimum absolute atomic E-state index is 0.179. The van der Waals surface area contributed by atoms with Crippen LogP contribution < -0.4 is 0 Å². The molecule has 0 bridgehead atoms. The fraction of sp³-hybridized carbons (Fsp3) is 0.652. The van der Waals surface area contributed by atoms with Gasteiger partial charge in [-0.1, -0.05) is 30.3 Å². The van der Waals surface area contributed by atoms with E-state index in [1.54, 1.807) is 13.8 Å². The number of ether oxygens (including phenoxy) is 6. The molecule has 184 valence electrons. The molecule has 0 radical (unpaired) electrons. The largest absolute Gasteiger partial charge is 0.468 e. The lowest BCUT2D eigenvalue weighted by Gasteiger charge is -2.34. The van der Waals surface area contributed by atoms with Crippen LogP contribution >= 0.6 is 0 Å². The van der Waals surface area contributed by atoms with Gasteiger partial charge in [0.2, 0.25) is 0 Å². The molecule has 0 saturated carbocycles. The van der Waals surface area contributed by atoms with Gasteiger partial charge >= 0.3 is 11.9 Å². The fourth-order valence-electron chi connectivity index (χ4n) is 3.94. The molecule has 0 aliphatic carbocycles. The highest BCUT2D eigenvalue weighted by atomic mass is 16.8. The molecule has 3 rings (SSSR count). The van der Waals surface area contributed by atoms with E-state index in [0.717, 1.165) is 5.56 Å². The number of methoxy groups -OCH3 is 2. The van der Waals surface area contributed by atoms with E-state index in [2.05, 4.69) is 0 Å². The van der Waals surface area contributed by atoms with Crippen molar-refractivity contribution in [3.05, 3.63) is 35.9 Å². The van der Waals surface area contributed by atoms with Gasteiger partial charge in [-0.25, -0.2) is 4.79 Å². The summed E-state index contributed by atoms with van der Waals surface area (Å²) in [6.07, 6.45) is -1.99. The van der Waals surface area contributed by atoms with E-state index in [1.807, 2.05) is 44.2 Å². The predicted molar refractivity (Wildman–Crippen MR) is 114 cm³/mol. The van der Waals surface area contributed by atoms with Gasteiger partial charge in [0.05, 0.1) is 27.4 Å². The molecule has 33 heavy (non-hydrogen) atoms. The van der Waals surface area contributed by atoms with Gasteiger partial charge in [0, 0.05) is 0 Å². The van der Waals surface area contributed by atoms with Gasteiger partial charge in [0.25, 0.3) is 0 Å². The smallest absolute Gasteiger partial charge is 0.333 e. The molecular weight excluding hydrogens is 434 g/mol. The highest BCUT2D eigenvalue weighted by Gasteiger charge is 2.55. The summed E-state index contributed by atoms with van der Waals surface area (Å²) in [6, 6.07) is 8.31. The van der Waals surface area contributed by atoms with E-state index >= 15 is 0 Å². The molecule has 10 heteroatoms. The van der Waals surface area contributed by atoms with E-state index in [9.17, 15) is 9.59 Å². The fourth-order valence-corrected chi connectivity index (χ4v) is 3.94. The Kier molecular flexibility index (Phi) is 8.09. The third-order valence-electron chi connectivity index (χ3n) is 5.38. The normalized spacial score (nSPS) is 26.8. The maximum Gasteiger partial charge on any atom is 0.333 e. The molecule has 2 heterocycles. The zero-order valence-corrected chi connectivity index (χ0v) is 19.9. The Hall–Kier alpha value is -2.08. The number of carbonyl (C=O) groups excluding carboxylic acids is 2. The molecule has 1 aromatic rings. The summed E-state index contributed by atoms with van der Waals surface area (Å²) >= 11 is 0. The molecule has 2 saturated heterocycles. The summed E-state index contributed by atoms with van der Waals surface area (Å²) in [5.74, 6) is -2.99. The Morgan fingerprint density at radius 3 is 2.30 bits per heavy atom. The third-order valence-corrected chi connectivity index (χ3v) is 5.38. The van der Waals surface area contributed by atoms with E-state index < -0.39 is 54.5 Å². The lowest BCUT2D eigenvalue weighted by molar-refractivity contribution is -0.233. The average molecular weight is 468 g/mol. The highest BCUT2D eigenvalue weighted by molar-refractivity contribution is 5.76. The molecule has 10 nitrogen and oxygen atoms in total. The monoisotopic (exact) mass is 467 g/mol. The van der Waals surface area contributed by atoms with Crippen LogP contribution in [0, 0.1) is 0 Å². The van der Waals surface area contributed by atoms with Crippen molar-refractivity contribution < 1.29 is 42.8 Å². The predicted octanol–water partition coefficient (Wildman–Crippen LogP) is 1.81. The first-order valence-electron chi connectivity index (χ1n) is 10.8. The van der Waals surface area contributed by atoms with E-state index in [0.29, 0.717) is 0 Å². The van der Waals surface area contributed by atoms with Crippen LogP contribution in [-0.2, 0) is 49.4 Å². The number of benzene rings is 1. The Balaban J connectivity index is 1.94. The molecular formula is C23H33NO9. The zero-order valence-electron chi connectivity index (χ0n) is 19.9. The van der Waals surface area contributed by atoms with Gasteiger partial charge in [-0.3, -0.25) is 9.63 Å². The van der Waals surface area contributed by atoms with Gasteiger partial charge in [0.15, 0.2) is 24.2 Å². The van der Waals surface area contributed by atoms with Gasteiger partial charge in [0.1, 0.15) is 18.3 Å². The Morgan fingerprint density at radius 1 is 1.03 bits per heavy atom. The van der Waals surface area contributed by atoms with Crippen LogP contribution in [0.15, 0.2) is 30.3 Å². The third kappa shape index (κ3) is 6.50. The Bertz CT molecular complexity index is 813. The standard InChI is InChI=1S/C23H33NO9/c1-22(2)29-13-16(31-22)19-20(33-23(3,4)32-19)18(21(26)28-6)24(30-14-17(25)27-5)12-15-10-8-7-9-11-15/h7-11,16,18-20H,12-14H2,1-6H3/t16-,18+,19-,20-/m1/s1. The first-order valence-corrected chi connectivity index (χ1v) is 10.8. The first kappa shape index (κ1) is 25.5. The van der Waals surface area contributed by atoms with Gasteiger partial charge in [-0.05, 0) is 33.3 Å². The van der Waals surface area contributed by atoms with Gasteiger partial charge in [-0.2, -0.15) is 5.06 Å². The van der Waals surface area contributed by atoms with Crippen molar-refractivity contribution in [1.82, 2.24) is 5.06 Å². The molecule has 2 aliphatic rings. The minimum atomic E-state index is -1.07. The van der Waals surface area contributed by atoms with Crippen molar-refractivity contribution in [2.75, 3.05) is 27.4 Å². The summed E-state index contributed by atoms with van der Waals surface area (Å²) in [4.78, 5) is 30.7. The van der Waals surface area contributed by atoms with Crippen LogP contribution in [0.3, 0.4) is 0 Å². The maximum atomic E-state index is 13.1. The molecule has 0 spiro atoms. The van der Waals surface area contributed by atoms with Crippen LogP contribution in [0.1, 0.15) is 33.3 Å². The number of hydrogen-bond donors (Lipinski definition) is 0. The molecule has 0 unspecified atom stereocenters. The maximum absolute atomic E-state index is 13.1. The Labute approximate surface area is 193 Å². The van der Waals surface area contributed by atoms with Crippen molar-refractivity contribution in [2.24, 2.45) is 0 Å². The summed E-state index contributed by atoms with van der Waals surface area (Å²) in [5.41, 5.74) is 0.854. The zero-order chi connectivity index (χ0) is 24.2. The molecule has 2 fully saturated rings. The first-order chi connectivity index (χ1) is 15.5. The highest BCUT2D eigenvalue weighted by Crippen LogP contribution is 2.38. The second-order valence-electron chi connectivity index (χ2n) is 8.81. The van der Waals surface area contributed by atoms with E-state index in [-0.39, 0.29) is 13.2 Å². The van der Waals surface area contributed by atoms with E-state index in [1.165, 1.54) is 19.3 Å². The number of esters is 2.